The smallest absolute Gasteiger partial charge is 0.337 e. The molecule has 0 unspecified atom stereocenters. The number of esters is 1. The highest BCUT2D eigenvalue weighted by Gasteiger charge is 2.12. The quantitative estimate of drug-likeness (QED) is 0.778. The first kappa shape index (κ1) is 18.3. The molecule has 1 amide bonds. The third-order valence-corrected chi connectivity index (χ3v) is 3.35. The highest BCUT2D eigenvalue weighted by molar-refractivity contribution is 5.90. The first-order chi connectivity index (χ1) is 12.0. The summed E-state index contributed by atoms with van der Waals surface area (Å²) in [6.45, 7) is 0.0377. The molecule has 0 aliphatic carbocycles. The molecule has 0 aliphatic heterocycles. The van der Waals surface area contributed by atoms with Gasteiger partial charge in [-0.15, -0.1) is 0 Å². The summed E-state index contributed by atoms with van der Waals surface area (Å²) in [5.74, 6) is -0.535. The van der Waals surface area contributed by atoms with Gasteiger partial charge in [0.25, 0.3) is 5.91 Å². The minimum atomic E-state index is -0.498. The highest BCUT2D eigenvalue weighted by Crippen LogP contribution is 2.28. The third kappa shape index (κ3) is 5.20. The predicted octanol–water partition coefficient (Wildman–Crippen LogP) is 2.32. The van der Waals surface area contributed by atoms with Crippen molar-refractivity contribution in [2.75, 3.05) is 20.8 Å². The Bertz CT molecular complexity index is 746. The Balaban J connectivity index is 1.90. The Hall–Kier alpha value is -3.09. The summed E-state index contributed by atoms with van der Waals surface area (Å²) in [4.78, 5) is 23.3. The average molecular weight is 347 g/mol. The van der Waals surface area contributed by atoms with Crippen LogP contribution in [-0.2, 0) is 16.1 Å². The second-order valence-electron chi connectivity index (χ2n) is 5.05. The Morgan fingerprint density at radius 1 is 1.04 bits per heavy atom. The molecule has 1 N–H and O–H groups in total. The van der Waals surface area contributed by atoms with E-state index in [1.165, 1.54) is 44.6 Å². The lowest BCUT2D eigenvalue weighted by Crippen LogP contribution is -2.28. The molecule has 2 aromatic carbocycles. The zero-order valence-corrected chi connectivity index (χ0v) is 13.9. The van der Waals surface area contributed by atoms with Gasteiger partial charge < -0.3 is 19.5 Å². The molecule has 0 aromatic heterocycles. The maximum Gasteiger partial charge on any atom is 0.337 e. The first-order valence-corrected chi connectivity index (χ1v) is 7.43. The van der Waals surface area contributed by atoms with Crippen molar-refractivity contribution in [3.8, 4) is 11.5 Å². The zero-order valence-electron chi connectivity index (χ0n) is 13.9. The van der Waals surface area contributed by atoms with Gasteiger partial charge in [-0.05, 0) is 35.9 Å². The largest absolute Gasteiger partial charge is 0.493 e. The maximum absolute atomic E-state index is 12.8. The molecule has 7 heteroatoms. The van der Waals surface area contributed by atoms with Crippen molar-refractivity contribution < 1.29 is 28.2 Å². The van der Waals surface area contributed by atoms with Crippen molar-refractivity contribution >= 4 is 11.9 Å². The summed E-state index contributed by atoms with van der Waals surface area (Å²) in [5.41, 5.74) is 1.09. The molecule has 0 spiro atoms. The predicted molar refractivity (Wildman–Crippen MR) is 88.1 cm³/mol. The molecule has 25 heavy (non-hydrogen) atoms. The van der Waals surface area contributed by atoms with E-state index in [1.807, 2.05) is 0 Å². The molecular weight excluding hydrogens is 329 g/mol. The van der Waals surface area contributed by atoms with Crippen LogP contribution in [0.1, 0.15) is 15.9 Å². The topological polar surface area (TPSA) is 73.9 Å². The standard InChI is InChI=1S/C18H18FNO5/c1-23-16-9-13(18(22)24-2)5-8-15(16)25-11-17(21)20-10-12-3-6-14(19)7-4-12/h3-9H,10-11H2,1-2H3,(H,20,21). The zero-order chi connectivity index (χ0) is 18.2. The molecule has 0 fully saturated rings. The van der Waals surface area contributed by atoms with Crippen LogP contribution in [0.3, 0.4) is 0 Å². The summed E-state index contributed by atoms with van der Waals surface area (Å²) in [7, 11) is 2.71. The lowest BCUT2D eigenvalue weighted by Gasteiger charge is -2.12. The maximum atomic E-state index is 12.8. The molecule has 0 saturated carbocycles. The molecule has 0 atom stereocenters. The third-order valence-electron chi connectivity index (χ3n) is 3.35. The van der Waals surface area contributed by atoms with Crippen LogP contribution < -0.4 is 14.8 Å². The minimum absolute atomic E-state index is 0.227. The molecule has 2 aromatic rings. The number of hydrogen-bond donors (Lipinski definition) is 1. The number of carbonyl (C=O) groups is 2. The van der Waals surface area contributed by atoms with Gasteiger partial charge in [0.15, 0.2) is 18.1 Å². The Morgan fingerprint density at radius 3 is 2.40 bits per heavy atom. The number of ether oxygens (including phenoxy) is 3. The SMILES string of the molecule is COC(=O)c1ccc(OCC(=O)NCc2ccc(F)cc2)c(OC)c1. The Kier molecular flexibility index (Phi) is 6.33. The molecule has 0 radical (unpaired) electrons. The lowest BCUT2D eigenvalue weighted by molar-refractivity contribution is -0.123. The molecule has 6 nitrogen and oxygen atoms in total. The number of rotatable bonds is 7. The Labute approximate surface area is 144 Å². The van der Waals surface area contributed by atoms with Gasteiger partial charge in [0, 0.05) is 6.54 Å². The lowest BCUT2D eigenvalue weighted by atomic mass is 10.2. The van der Waals surface area contributed by atoms with Crippen molar-refractivity contribution in [3.63, 3.8) is 0 Å². The van der Waals surface area contributed by atoms with Gasteiger partial charge >= 0.3 is 5.97 Å². The number of hydrogen-bond acceptors (Lipinski definition) is 5. The van der Waals surface area contributed by atoms with Gasteiger partial charge in [0.2, 0.25) is 0 Å². The molecule has 0 heterocycles. The van der Waals surface area contributed by atoms with E-state index in [0.29, 0.717) is 17.1 Å². The van der Waals surface area contributed by atoms with Gasteiger partial charge in [-0.25, -0.2) is 9.18 Å². The van der Waals surface area contributed by atoms with Crippen molar-refractivity contribution in [3.05, 3.63) is 59.4 Å². The van der Waals surface area contributed by atoms with E-state index in [2.05, 4.69) is 10.1 Å². The van der Waals surface area contributed by atoms with Crippen LogP contribution in [0, 0.1) is 5.82 Å². The van der Waals surface area contributed by atoms with Gasteiger partial charge in [0.1, 0.15) is 5.82 Å². The van der Waals surface area contributed by atoms with Crippen molar-refractivity contribution in [1.82, 2.24) is 5.32 Å². The van der Waals surface area contributed by atoms with Gasteiger partial charge in [-0.3, -0.25) is 4.79 Å². The van der Waals surface area contributed by atoms with Crippen molar-refractivity contribution in [1.29, 1.82) is 0 Å². The minimum Gasteiger partial charge on any atom is -0.493 e. The van der Waals surface area contributed by atoms with Gasteiger partial charge in [-0.1, -0.05) is 12.1 Å². The number of carbonyl (C=O) groups excluding carboxylic acids is 2. The van der Waals surface area contributed by atoms with E-state index in [9.17, 15) is 14.0 Å². The van der Waals surface area contributed by atoms with E-state index in [4.69, 9.17) is 9.47 Å². The van der Waals surface area contributed by atoms with Crippen LogP contribution in [0.25, 0.3) is 0 Å². The van der Waals surface area contributed by atoms with E-state index in [0.717, 1.165) is 5.56 Å². The highest BCUT2D eigenvalue weighted by atomic mass is 19.1. The molecule has 0 aliphatic rings. The fourth-order valence-corrected chi connectivity index (χ4v) is 2.03. The van der Waals surface area contributed by atoms with Crippen molar-refractivity contribution in [2.45, 2.75) is 6.54 Å². The summed E-state index contributed by atoms with van der Waals surface area (Å²) in [5, 5.41) is 2.66. The fourth-order valence-electron chi connectivity index (χ4n) is 2.03. The van der Waals surface area contributed by atoms with Crippen LogP contribution in [0.2, 0.25) is 0 Å². The van der Waals surface area contributed by atoms with E-state index < -0.39 is 5.97 Å². The van der Waals surface area contributed by atoms with Gasteiger partial charge in [0.05, 0.1) is 19.8 Å². The summed E-state index contributed by atoms with van der Waals surface area (Å²) >= 11 is 0. The van der Waals surface area contributed by atoms with E-state index >= 15 is 0 Å². The van der Waals surface area contributed by atoms with Crippen LogP contribution >= 0.6 is 0 Å². The van der Waals surface area contributed by atoms with Crippen LogP contribution in [0.4, 0.5) is 4.39 Å². The average Bonchev–Trinajstić information content (AvgIpc) is 2.65. The molecule has 2 rings (SSSR count). The second-order valence-corrected chi connectivity index (χ2v) is 5.05. The fraction of sp³-hybridized carbons (Fsp3) is 0.222. The van der Waals surface area contributed by atoms with Crippen molar-refractivity contribution in [2.24, 2.45) is 0 Å². The molecule has 0 saturated heterocycles. The summed E-state index contributed by atoms with van der Waals surface area (Å²) < 4.78 is 28.0. The molecule has 0 bridgehead atoms. The second kappa shape index (κ2) is 8.68. The first-order valence-electron chi connectivity index (χ1n) is 7.43. The number of amides is 1. The molecular formula is C18H18FNO5. The van der Waals surface area contributed by atoms with Gasteiger partial charge in [-0.2, -0.15) is 0 Å². The summed E-state index contributed by atoms with van der Waals surface area (Å²) in [6.07, 6.45) is 0. The summed E-state index contributed by atoms with van der Waals surface area (Å²) in [6, 6.07) is 10.3. The van der Waals surface area contributed by atoms with Crippen LogP contribution in [0.15, 0.2) is 42.5 Å². The number of methoxy groups -OCH3 is 2. The van der Waals surface area contributed by atoms with Crippen LogP contribution in [-0.4, -0.2) is 32.7 Å². The molecule has 132 valence electrons. The van der Waals surface area contributed by atoms with Crippen LogP contribution in [0.5, 0.6) is 11.5 Å². The van der Waals surface area contributed by atoms with E-state index in [-0.39, 0.29) is 24.9 Å². The number of halogens is 1. The monoisotopic (exact) mass is 347 g/mol. The normalized spacial score (nSPS) is 10.0. The number of nitrogens with one attached hydrogen (secondary N) is 1. The Morgan fingerprint density at radius 2 is 1.76 bits per heavy atom. The van der Waals surface area contributed by atoms with E-state index in [1.54, 1.807) is 12.1 Å². The number of benzene rings is 2.